The standard InChI is InChI=1S/C23H20N2O2S/c24-22-10-4-9-21-20(22)8-5-11-23(21)28(26,27)25-16-17-12-14-19(15-13-17)18-6-2-1-3-7-18/h1-15,25H,16,24H2. The molecule has 5 heteroatoms. The first-order chi connectivity index (χ1) is 13.5. The molecule has 4 aromatic rings. The van der Waals surface area contributed by atoms with Crippen molar-refractivity contribution in [1.82, 2.24) is 4.72 Å². The summed E-state index contributed by atoms with van der Waals surface area (Å²) in [5, 5.41) is 1.35. The predicted octanol–water partition coefficient (Wildman–Crippen LogP) is 4.57. The minimum Gasteiger partial charge on any atom is -0.398 e. The number of anilines is 1. The van der Waals surface area contributed by atoms with Crippen LogP contribution in [0.15, 0.2) is 95.9 Å². The van der Waals surface area contributed by atoms with Crippen molar-refractivity contribution in [3.63, 3.8) is 0 Å². The summed E-state index contributed by atoms with van der Waals surface area (Å²) in [7, 11) is -3.67. The fraction of sp³-hybridized carbons (Fsp3) is 0.0435. The average Bonchev–Trinajstić information content (AvgIpc) is 2.73. The summed E-state index contributed by atoms with van der Waals surface area (Å²) in [4.78, 5) is 0.234. The molecule has 0 aromatic heterocycles. The number of rotatable bonds is 5. The number of hydrogen-bond donors (Lipinski definition) is 2. The summed E-state index contributed by atoms with van der Waals surface area (Å²) in [6.07, 6.45) is 0. The van der Waals surface area contributed by atoms with Gasteiger partial charge in [-0.05, 0) is 28.8 Å². The Balaban J connectivity index is 1.56. The van der Waals surface area contributed by atoms with Crippen molar-refractivity contribution in [2.24, 2.45) is 0 Å². The number of nitrogens with one attached hydrogen (secondary N) is 1. The fourth-order valence-electron chi connectivity index (χ4n) is 3.24. The van der Waals surface area contributed by atoms with Crippen LogP contribution in [0.5, 0.6) is 0 Å². The second-order valence-electron chi connectivity index (χ2n) is 6.59. The minimum atomic E-state index is -3.67. The Kier molecular flexibility index (Phi) is 4.86. The molecule has 0 aliphatic heterocycles. The van der Waals surface area contributed by atoms with Crippen LogP contribution in [0.25, 0.3) is 21.9 Å². The topological polar surface area (TPSA) is 72.2 Å². The summed E-state index contributed by atoms with van der Waals surface area (Å²) < 4.78 is 28.4. The first kappa shape index (κ1) is 18.2. The molecule has 4 nitrogen and oxygen atoms in total. The van der Waals surface area contributed by atoms with Crippen LogP contribution in [0.1, 0.15) is 5.56 Å². The Hall–Kier alpha value is -3.15. The van der Waals surface area contributed by atoms with Gasteiger partial charge in [0.2, 0.25) is 10.0 Å². The van der Waals surface area contributed by atoms with Gasteiger partial charge in [0.05, 0.1) is 4.90 Å². The maximum atomic E-state index is 12.9. The quantitative estimate of drug-likeness (QED) is 0.492. The van der Waals surface area contributed by atoms with Gasteiger partial charge < -0.3 is 5.73 Å². The van der Waals surface area contributed by atoms with Crippen molar-refractivity contribution in [3.05, 3.63) is 96.6 Å². The van der Waals surface area contributed by atoms with E-state index in [2.05, 4.69) is 4.72 Å². The van der Waals surface area contributed by atoms with Gasteiger partial charge in [-0.15, -0.1) is 0 Å². The van der Waals surface area contributed by atoms with Crippen molar-refractivity contribution in [2.75, 3.05) is 5.73 Å². The fourth-order valence-corrected chi connectivity index (χ4v) is 4.48. The minimum absolute atomic E-state index is 0.218. The van der Waals surface area contributed by atoms with Crippen LogP contribution in [0.3, 0.4) is 0 Å². The number of benzene rings is 4. The normalized spacial score (nSPS) is 11.6. The van der Waals surface area contributed by atoms with E-state index in [1.54, 1.807) is 30.3 Å². The Bertz CT molecular complexity index is 1220. The van der Waals surface area contributed by atoms with Gasteiger partial charge >= 0.3 is 0 Å². The zero-order valence-corrected chi connectivity index (χ0v) is 16.0. The van der Waals surface area contributed by atoms with Gasteiger partial charge in [0.25, 0.3) is 0 Å². The Morgan fingerprint density at radius 2 is 1.32 bits per heavy atom. The maximum Gasteiger partial charge on any atom is 0.241 e. The molecule has 3 N–H and O–H groups in total. The molecule has 0 unspecified atom stereocenters. The van der Waals surface area contributed by atoms with Crippen molar-refractivity contribution in [3.8, 4) is 11.1 Å². The third-order valence-electron chi connectivity index (χ3n) is 4.73. The van der Waals surface area contributed by atoms with Crippen molar-refractivity contribution in [2.45, 2.75) is 11.4 Å². The molecule has 0 fully saturated rings. The molecule has 0 amide bonds. The molecule has 4 rings (SSSR count). The highest BCUT2D eigenvalue weighted by atomic mass is 32.2. The Morgan fingerprint density at radius 1 is 0.679 bits per heavy atom. The van der Waals surface area contributed by atoms with Crippen LogP contribution in [0.2, 0.25) is 0 Å². The average molecular weight is 388 g/mol. The highest BCUT2D eigenvalue weighted by Crippen LogP contribution is 2.27. The lowest BCUT2D eigenvalue weighted by Crippen LogP contribution is -2.23. The lowest BCUT2D eigenvalue weighted by molar-refractivity contribution is 0.582. The molecule has 0 spiro atoms. The Morgan fingerprint density at radius 3 is 2.07 bits per heavy atom. The molecular formula is C23H20N2O2S. The van der Waals surface area contributed by atoms with Gasteiger partial charge in [-0.1, -0.05) is 78.9 Å². The number of nitrogens with two attached hydrogens (primary N) is 1. The lowest BCUT2D eigenvalue weighted by Gasteiger charge is -2.11. The van der Waals surface area contributed by atoms with Crippen molar-refractivity contribution >= 4 is 26.5 Å². The SMILES string of the molecule is Nc1cccc2c(S(=O)(=O)NCc3ccc(-c4ccccc4)cc3)cccc12. The number of hydrogen-bond acceptors (Lipinski definition) is 3. The van der Waals surface area contributed by atoms with Crippen LogP contribution >= 0.6 is 0 Å². The largest absolute Gasteiger partial charge is 0.398 e. The second-order valence-corrected chi connectivity index (χ2v) is 8.32. The molecule has 140 valence electrons. The second kappa shape index (κ2) is 7.46. The molecule has 28 heavy (non-hydrogen) atoms. The van der Waals surface area contributed by atoms with Crippen LogP contribution in [0.4, 0.5) is 5.69 Å². The Labute approximate surface area is 164 Å². The molecule has 0 heterocycles. The highest BCUT2D eigenvalue weighted by Gasteiger charge is 2.17. The number of fused-ring (bicyclic) bond motifs is 1. The third kappa shape index (κ3) is 3.63. The summed E-state index contributed by atoms with van der Waals surface area (Å²) in [6, 6.07) is 28.4. The van der Waals surface area contributed by atoms with E-state index in [9.17, 15) is 8.42 Å². The van der Waals surface area contributed by atoms with E-state index < -0.39 is 10.0 Å². The highest BCUT2D eigenvalue weighted by molar-refractivity contribution is 7.89. The molecule has 0 aliphatic carbocycles. The van der Waals surface area contributed by atoms with E-state index in [4.69, 9.17) is 5.73 Å². The van der Waals surface area contributed by atoms with Crippen molar-refractivity contribution < 1.29 is 8.42 Å². The van der Waals surface area contributed by atoms with Gasteiger partial charge in [-0.25, -0.2) is 13.1 Å². The first-order valence-electron chi connectivity index (χ1n) is 8.96. The lowest BCUT2D eigenvalue weighted by atomic mass is 10.0. The first-order valence-corrected chi connectivity index (χ1v) is 10.4. The van der Waals surface area contributed by atoms with Gasteiger partial charge in [-0.3, -0.25) is 0 Å². The zero-order valence-electron chi connectivity index (χ0n) is 15.2. The molecule has 0 aliphatic rings. The number of nitrogen functional groups attached to an aromatic ring is 1. The van der Waals surface area contributed by atoms with Gasteiger partial charge in [0.15, 0.2) is 0 Å². The smallest absolute Gasteiger partial charge is 0.241 e. The van der Waals surface area contributed by atoms with Crippen molar-refractivity contribution in [1.29, 1.82) is 0 Å². The van der Waals surface area contributed by atoms with Crippen LogP contribution < -0.4 is 10.5 Å². The zero-order chi connectivity index (χ0) is 19.6. The molecule has 0 saturated heterocycles. The van der Waals surface area contributed by atoms with E-state index >= 15 is 0 Å². The third-order valence-corrected chi connectivity index (χ3v) is 6.19. The van der Waals surface area contributed by atoms with E-state index in [0.717, 1.165) is 22.1 Å². The van der Waals surface area contributed by atoms with E-state index in [1.165, 1.54) is 0 Å². The van der Waals surface area contributed by atoms with Crippen LogP contribution in [-0.4, -0.2) is 8.42 Å². The number of sulfonamides is 1. The molecule has 0 atom stereocenters. The van der Waals surface area contributed by atoms with E-state index in [0.29, 0.717) is 11.1 Å². The molecule has 0 radical (unpaired) electrons. The van der Waals surface area contributed by atoms with Gasteiger partial charge in [0, 0.05) is 23.0 Å². The van der Waals surface area contributed by atoms with Crippen LogP contribution in [0, 0.1) is 0 Å². The maximum absolute atomic E-state index is 12.9. The molecule has 4 aromatic carbocycles. The monoisotopic (exact) mass is 388 g/mol. The van der Waals surface area contributed by atoms with Gasteiger partial charge in [-0.2, -0.15) is 0 Å². The summed E-state index contributed by atoms with van der Waals surface area (Å²) in [5.74, 6) is 0. The molecular weight excluding hydrogens is 368 g/mol. The van der Waals surface area contributed by atoms with Gasteiger partial charge in [0.1, 0.15) is 0 Å². The summed E-state index contributed by atoms with van der Waals surface area (Å²) in [5.41, 5.74) is 9.66. The van der Waals surface area contributed by atoms with Crippen LogP contribution in [-0.2, 0) is 16.6 Å². The van der Waals surface area contributed by atoms with E-state index in [-0.39, 0.29) is 11.4 Å². The predicted molar refractivity (Wildman–Crippen MR) is 114 cm³/mol. The summed E-state index contributed by atoms with van der Waals surface area (Å²) in [6.45, 7) is 0.218. The molecule has 0 bridgehead atoms. The molecule has 0 saturated carbocycles. The summed E-state index contributed by atoms with van der Waals surface area (Å²) >= 11 is 0. The van der Waals surface area contributed by atoms with E-state index in [1.807, 2.05) is 60.7 Å².